The van der Waals surface area contributed by atoms with Crippen LogP contribution < -0.4 is 4.90 Å². The molecule has 0 saturated heterocycles. The maximum absolute atomic E-state index is 2.36. The lowest BCUT2D eigenvalue weighted by atomic mass is 10.0. The van der Waals surface area contributed by atoms with Crippen LogP contribution in [0.3, 0.4) is 0 Å². The van der Waals surface area contributed by atoms with Gasteiger partial charge in [0.25, 0.3) is 0 Å². The lowest BCUT2D eigenvalue weighted by Crippen LogP contribution is -2.09. The summed E-state index contributed by atoms with van der Waals surface area (Å²) in [7, 11) is 0. The van der Waals surface area contributed by atoms with E-state index in [0.717, 1.165) is 17.1 Å². The van der Waals surface area contributed by atoms with Gasteiger partial charge in [-0.05, 0) is 98.4 Å². The van der Waals surface area contributed by atoms with E-state index < -0.39 is 0 Å². The lowest BCUT2D eigenvalue weighted by Gasteiger charge is -2.26. The van der Waals surface area contributed by atoms with E-state index in [1.54, 1.807) is 0 Å². The molecule has 0 bridgehead atoms. The molecule has 0 fully saturated rings. The number of anilines is 3. The van der Waals surface area contributed by atoms with Crippen molar-refractivity contribution in [2.45, 2.75) is 0 Å². The third-order valence-electron chi connectivity index (χ3n) is 9.04. The van der Waals surface area contributed by atoms with Crippen molar-refractivity contribution in [1.82, 2.24) is 0 Å². The first kappa shape index (κ1) is 26.7. The van der Waals surface area contributed by atoms with E-state index >= 15 is 0 Å². The van der Waals surface area contributed by atoms with Crippen LogP contribution in [0.15, 0.2) is 176 Å². The SMILES string of the molecule is c1ccc(N(c2ccc(-c3ccc4ccccc4c3)cc2)c2ccc(-c3ccc4sc5c6ccccc6ccc5c4c3)cc2)cc1. The van der Waals surface area contributed by atoms with Gasteiger partial charge < -0.3 is 4.90 Å². The summed E-state index contributed by atoms with van der Waals surface area (Å²) < 4.78 is 2.69. The minimum absolute atomic E-state index is 1.13. The quantitative estimate of drug-likeness (QED) is 0.189. The third kappa shape index (κ3) is 4.63. The molecule has 0 aliphatic heterocycles. The molecule has 0 unspecified atom stereocenters. The fraction of sp³-hybridized carbons (Fsp3) is 0. The summed E-state index contributed by atoms with van der Waals surface area (Å²) in [5, 5.41) is 7.81. The summed E-state index contributed by atoms with van der Waals surface area (Å²) in [5.41, 5.74) is 8.27. The molecule has 0 spiro atoms. The van der Waals surface area contributed by atoms with Crippen molar-refractivity contribution in [3.8, 4) is 22.3 Å². The topological polar surface area (TPSA) is 3.24 Å². The highest BCUT2D eigenvalue weighted by atomic mass is 32.1. The highest BCUT2D eigenvalue weighted by Gasteiger charge is 2.14. The predicted molar refractivity (Wildman–Crippen MR) is 200 cm³/mol. The second-order valence-corrected chi connectivity index (χ2v) is 12.9. The molecule has 8 aromatic carbocycles. The Morgan fingerprint density at radius 3 is 1.61 bits per heavy atom. The minimum atomic E-state index is 1.13. The van der Waals surface area contributed by atoms with Crippen LogP contribution >= 0.6 is 11.3 Å². The molecule has 9 aromatic rings. The van der Waals surface area contributed by atoms with Gasteiger partial charge in [-0.3, -0.25) is 0 Å². The van der Waals surface area contributed by atoms with Gasteiger partial charge in [-0.15, -0.1) is 11.3 Å². The maximum atomic E-state index is 2.36. The van der Waals surface area contributed by atoms with Crippen molar-refractivity contribution in [1.29, 1.82) is 0 Å². The van der Waals surface area contributed by atoms with Gasteiger partial charge in [0.05, 0.1) is 0 Å². The molecule has 1 aromatic heterocycles. The Hall–Kier alpha value is -5.70. The largest absolute Gasteiger partial charge is 0.311 e. The number of para-hydroxylation sites is 1. The molecule has 0 saturated carbocycles. The molecule has 0 radical (unpaired) electrons. The fourth-order valence-corrected chi connectivity index (χ4v) is 7.90. The highest BCUT2D eigenvalue weighted by molar-refractivity contribution is 7.26. The van der Waals surface area contributed by atoms with Gasteiger partial charge in [0.15, 0.2) is 0 Å². The molecule has 1 heterocycles. The average Bonchev–Trinajstić information content (AvgIpc) is 3.51. The number of nitrogens with zero attached hydrogens (tertiary/aromatic N) is 1. The smallest absolute Gasteiger partial charge is 0.0462 e. The van der Waals surface area contributed by atoms with E-state index in [1.165, 1.54) is 64.0 Å². The van der Waals surface area contributed by atoms with Gasteiger partial charge in [-0.1, -0.05) is 121 Å². The number of hydrogen-bond donors (Lipinski definition) is 0. The second kappa shape index (κ2) is 11.0. The molecule has 0 aliphatic carbocycles. The molecule has 46 heavy (non-hydrogen) atoms. The molecule has 0 aliphatic rings. The summed E-state index contributed by atoms with van der Waals surface area (Å²) in [4.78, 5) is 2.33. The summed E-state index contributed by atoms with van der Waals surface area (Å²) >= 11 is 1.89. The van der Waals surface area contributed by atoms with E-state index in [2.05, 4.69) is 181 Å². The van der Waals surface area contributed by atoms with Gasteiger partial charge >= 0.3 is 0 Å². The monoisotopic (exact) mass is 603 g/mol. The first-order chi connectivity index (χ1) is 22.8. The van der Waals surface area contributed by atoms with Crippen molar-refractivity contribution in [3.05, 3.63) is 176 Å². The van der Waals surface area contributed by atoms with Crippen LogP contribution in [0, 0.1) is 0 Å². The van der Waals surface area contributed by atoms with E-state index in [9.17, 15) is 0 Å². The van der Waals surface area contributed by atoms with Crippen LogP contribution in [0.25, 0.3) is 64.0 Å². The molecule has 0 atom stereocenters. The Balaban J connectivity index is 1.07. The number of rotatable bonds is 5. The molecular weight excluding hydrogens is 575 g/mol. The van der Waals surface area contributed by atoms with Crippen molar-refractivity contribution in [2.24, 2.45) is 0 Å². The number of fused-ring (bicyclic) bond motifs is 6. The molecule has 216 valence electrons. The Kier molecular flexibility index (Phi) is 6.40. The Labute approximate surface area is 272 Å². The first-order valence-electron chi connectivity index (χ1n) is 15.7. The zero-order chi connectivity index (χ0) is 30.5. The van der Waals surface area contributed by atoms with Crippen LogP contribution in [0.1, 0.15) is 0 Å². The third-order valence-corrected chi connectivity index (χ3v) is 10.3. The van der Waals surface area contributed by atoms with E-state index in [-0.39, 0.29) is 0 Å². The van der Waals surface area contributed by atoms with Crippen LogP contribution in [0.4, 0.5) is 17.1 Å². The van der Waals surface area contributed by atoms with Gasteiger partial charge in [-0.2, -0.15) is 0 Å². The summed E-state index contributed by atoms with van der Waals surface area (Å²) in [6.07, 6.45) is 0. The summed E-state index contributed by atoms with van der Waals surface area (Å²) in [6.45, 7) is 0. The van der Waals surface area contributed by atoms with E-state index in [1.807, 2.05) is 11.3 Å². The summed E-state index contributed by atoms with van der Waals surface area (Å²) in [5.74, 6) is 0. The van der Waals surface area contributed by atoms with Gasteiger partial charge in [0.1, 0.15) is 0 Å². The van der Waals surface area contributed by atoms with Gasteiger partial charge in [0, 0.05) is 37.2 Å². The van der Waals surface area contributed by atoms with Crippen LogP contribution in [-0.4, -0.2) is 0 Å². The zero-order valence-electron chi connectivity index (χ0n) is 25.1. The van der Waals surface area contributed by atoms with Gasteiger partial charge in [0.2, 0.25) is 0 Å². The highest BCUT2D eigenvalue weighted by Crippen LogP contribution is 2.41. The lowest BCUT2D eigenvalue weighted by molar-refractivity contribution is 1.28. The molecule has 0 amide bonds. The van der Waals surface area contributed by atoms with Crippen LogP contribution in [-0.2, 0) is 0 Å². The molecular formula is C44H29NS. The van der Waals surface area contributed by atoms with Crippen molar-refractivity contribution in [3.63, 3.8) is 0 Å². The average molecular weight is 604 g/mol. The number of hydrogen-bond acceptors (Lipinski definition) is 2. The van der Waals surface area contributed by atoms with Crippen LogP contribution in [0.5, 0.6) is 0 Å². The Morgan fingerprint density at radius 1 is 0.326 bits per heavy atom. The Morgan fingerprint density at radius 2 is 0.870 bits per heavy atom. The summed E-state index contributed by atoms with van der Waals surface area (Å²) in [6, 6.07) is 63.8. The number of benzene rings is 8. The first-order valence-corrected chi connectivity index (χ1v) is 16.5. The van der Waals surface area contributed by atoms with Crippen molar-refractivity contribution >= 4 is 70.1 Å². The van der Waals surface area contributed by atoms with E-state index in [0.29, 0.717) is 0 Å². The normalized spacial score (nSPS) is 11.5. The van der Waals surface area contributed by atoms with Crippen molar-refractivity contribution in [2.75, 3.05) is 4.90 Å². The fourth-order valence-electron chi connectivity index (χ4n) is 6.68. The molecule has 2 heteroatoms. The Bertz CT molecular complexity index is 2510. The minimum Gasteiger partial charge on any atom is -0.311 e. The molecule has 0 N–H and O–H groups in total. The maximum Gasteiger partial charge on any atom is 0.0462 e. The van der Waals surface area contributed by atoms with Crippen molar-refractivity contribution < 1.29 is 0 Å². The zero-order valence-corrected chi connectivity index (χ0v) is 25.9. The predicted octanol–water partition coefficient (Wildman–Crippen LogP) is 13.2. The molecule has 9 rings (SSSR count). The second-order valence-electron chi connectivity index (χ2n) is 11.8. The van der Waals surface area contributed by atoms with Gasteiger partial charge in [-0.25, -0.2) is 0 Å². The molecule has 1 nitrogen and oxygen atoms in total. The van der Waals surface area contributed by atoms with E-state index in [4.69, 9.17) is 0 Å². The standard InChI is InChI=1S/C44H29NS/c1-2-11-37(12-3-1)45(38-22-16-31(17-23-38)35-15-14-30-8-4-5-10-34(30)28-35)39-24-18-32(19-25-39)36-21-27-43-42(29-36)41-26-20-33-9-6-7-13-40(33)44(41)46-43/h1-29H. The number of thiophene rings is 1. The van der Waals surface area contributed by atoms with Crippen LogP contribution in [0.2, 0.25) is 0 Å².